The van der Waals surface area contributed by atoms with Crippen LogP contribution in [0.2, 0.25) is 0 Å². The van der Waals surface area contributed by atoms with E-state index in [4.69, 9.17) is 4.42 Å². The molecule has 3 atom stereocenters. The van der Waals surface area contributed by atoms with Crippen LogP contribution in [0, 0.1) is 0 Å². The number of aromatic nitrogens is 2. The topological polar surface area (TPSA) is 223 Å². The summed E-state index contributed by atoms with van der Waals surface area (Å²) >= 11 is 0. The molecule has 1 aromatic heterocycles. The maximum atomic E-state index is 13.1. The lowest BCUT2D eigenvalue weighted by Crippen LogP contribution is -2.41. The number of aromatic carboxylic acids is 1. The van der Waals surface area contributed by atoms with E-state index in [2.05, 4.69) is 15.3 Å². The van der Waals surface area contributed by atoms with Crippen molar-refractivity contribution in [2.45, 2.75) is 25.2 Å². The zero-order valence-corrected chi connectivity index (χ0v) is 22.4. The number of benzene rings is 3. The molecular formula is C30H25N3O10. The zero-order chi connectivity index (χ0) is 31.0. The van der Waals surface area contributed by atoms with Crippen LogP contribution in [0.25, 0.3) is 33.4 Å². The Hall–Kier alpha value is -5.37. The molecule has 3 aromatic rings. The number of carbonyl (C=O) groups excluding carboxylic acids is 2. The van der Waals surface area contributed by atoms with Gasteiger partial charge in [0.25, 0.3) is 5.91 Å². The first-order valence-electron chi connectivity index (χ1n) is 12.9. The number of aliphatic hydroxyl groups excluding tert-OH is 3. The lowest BCUT2D eigenvalue weighted by molar-refractivity contribution is -0.0601. The summed E-state index contributed by atoms with van der Waals surface area (Å²) in [4.78, 5) is 55.2. The number of hydrogen-bond donors (Lipinski definition) is 7. The number of carboxylic acid groups (broad SMARTS) is 1. The van der Waals surface area contributed by atoms with Crippen LogP contribution in [0.15, 0.2) is 70.0 Å². The van der Waals surface area contributed by atoms with Gasteiger partial charge in [-0.1, -0.05) is 0 Å². The summed E-state index contributed by atoms with van der Waals surface area (Å²) in [6, 6.07) is 12.0. The van der Waals surface area contributed by atoms with Crippen LogP contribution in [0.5, 0.6) is 5.75 Å². The van der Waals surface area contributed by atoms with Crippen LogP contribution < -0.4 is 10.7 Å². The number of nitrogens with zero attached hydrogens (tertiary/aromatic N) is 1. The molecule has 1 amide bonds. The SMILES string of the molecule is CC(=O)c1ncc([C@@H](O)[C@H](O)[C@H](O)CNC(=O)c2ccc(C(=O)O)c(-c3c4ccc(=O)cc-4oc4cc(O)ccc34)c2)[nH]1. The number of carboxylic acids is 1. The van der Waals surface area contributed by atoms with Crippen molar-refractivity contribution in [3.05, 3.63) is 93.7 Å². The number of amides is 1. The number of ketones is 1. The maximum Gasteiger partial charge on any atom is 0.336 e. The third-order valence-corrected chi connectivity index (χ3v) is 6.90. The molecular weight excluding hydrogens is 562 g/mol. The summed E-state index contributed by atoms with van der Waals surface area (Å²) in [5.41, 5.74) is 0.489. The van der Waals surface area contributed by atoms with Gasteiger partial charge in [0.05, 0.1) is 17.5 Å². The molecule has 0 fully saturated rings. The fourth-order valence-corrected chi connectivity index (χ4v) is 4.71. The lowest BCUT2D eigenvalue weighted by Gasteiger charge is -2.22. The standard InChI is InChI=1S/C30H25N3O10/c1-13(34)28-31-11-21(33-28)26(38)27(39)22(37)12-32-29(40)14-2-5-17(30(41)42)20(8-14)25-18-6-3-15(35)9-23(18)43-24-10-16(36)4-7-19(24)25/h2-11,22,26-27,35,37-39H,12H2,1H3,(H,31,33)(H,32,40)(H,41,42)/t22-,26-,27-/m1/s1. The molecule has 13 nitrogen and oxygen atoms in total. The molecule has 0 unspecified atom stereocenters. The molecule has 0 bridgehead atoms. The molecule has 1 aliphatic heterocycles. The number of aliphatic hydroxyl groups is 3. The Morgan fingerprint density at radius 3 is 2.47 bits per heavy atom. The number of imidazole rings is 1. The average Bonchev–Trinajstić information content (AvgIpc) is 3.48. The Morgan fingerprint density at radius 2 is 1.77 bits per heavy atom. The number of nitrogens with one attached hydrogen (secondary N) is 2. The van der Waals surface area contributed by atoms with Gasteiger partial charge in [0, 0.05) is 47.7 Å². The summed E-state index contributed by atoms with van der Waals surface area (Å²) in [6.07, 6.45) is -3.91. The van der Waals surface area contributed by atoms with Crippen LogP contribution in [0.3, 0.4) is 0 Å². The number of hydrogen-bond acceptors (Lipinski definition) is 10. The third kappa shape index (κ3) is 5.72. The third-order valence-electron chi connectivity index (χ3n) is 6.90. The highest BCUT2D eigenvalue weighted by Crippen LogP contribution is 2.42. The Bertz CT molecular complexity index is 1910. The fraction of sp³-hybridized carbons (Fsp3) is 0.167. The van der Waals surface area contributed by atoms with Gasteiger partial charge in [-0.25, -0.2) is 9.78 Å². The van der Waals surface area contributed by atoms with Gasteiger partial charge in [0.15, 0.2) is 17.0 Å². The molecule has 2 heterocycles. The van der Waals surface area contributed by atoms with E-state index in [-0.39, 0.29) is 50.7 Å². The number of phenolic OH excluding ortho intramolecular Hbond substituents is 1. The van der Waals surface area contributed by atoms with Crippen LogP contribution in [0.4, 0.5) is 0 Å². The second-order valence-electron chi connectivity index (χ2n) is 9.84. The quantitative estimate of drug-likeness (QED) is 0.0976. The number of aromatic amines is 1. The fourth-order valence-electron chi connectivity index (χ4n) is 4.71. The number of aromatic hydroxyl groups is 1. The highest BCUT2D eigenvalue weighted by Gasteiger charge is 2.29. The molecule has 0 saturated carbocycles. The van der Waals surface area contributed by atoms with Crippen LogP contribution in [-0.4, -0.2) is 71.9 Å². The summed E-state index contributed by atoms with van der Waals surface area (Å²) < 4.78 is 5.82. The Labute approximate surface area is 242 Å². The van der Waals surface area contributed by atoms with Gasteiger partial charge in [-0.3, -0.25) is 14.4 Å². The van der Waals surface area contributed by atoms with E-state index in [0.717, 1.165) is 6.20 Å². The largest absolute Gasteiger partial charge is 0.508 e. The number of carbonyl (C=O) groups is 3. The Morgan fingerprint density at radius 1 is 1.00 bits per heavy atom. The van der Waals surface area contributed by atoms with Crippen molar-refractivity contribution in [2.24, 2.45) is 0 Å². The van der Waals surface area contributed by atoms with Gasteiger partial charge in [-0.15, -0.1) is 0 Å². The predicted molar refractivity (Wildman–Crippen MR) is 151 cm³/mol. The normalized spacial score (nSPS) is 13.5. The summed E-state index contributed by atoms with van der Waals surface area (Å²) in [5, 5.41) is 54.1. The van der Waals surface area contributed by atoms with Gasteiger partial charge in [0.2, 0.25) is 0 Å². The second-order valence-corrected chi connectivity index (χ2v) is 9.84. The van der Waals surface area contributed by atoms with Crippen molar-refractivity contribution in [1.29, 1.82) is 0 Å². The Balaban J connectivity index is 1.47. The van der Waals surface area contributed by atoms with E-state index in [1.54, 1.807) is 0 Å². The summed E-state index contributed by atoms with van der Waals surface area (Å²) in [5.74, 6) is -2.44. The van der Waals surface area contributed by atoms with Gasteiger partial charge < -0.3 is 40.3 Å². The Kier molecular flexibility index (Phi) is 7.78. The van der Waals surface area contributed by atoms with Crippen LogP contribution in [0.1, 0.15) is 50.1 Å². The zero-order valence-electron chi connectivity index (χ0n) is 22.4. The molecule has 2 aromatic carbocycles. The maximum absolute atomic E-state index is 13.1. The van der Waals surface area contributed by atoms with Crippen LogP contribution >= 0.6 is 0 Å². The van der Waals surface area contributed by atoms with E-state index >= 15 is 0 Å². The molecule has 5 rings (SSSR count). The van der Waals surface area contributed by atoms with Crippen molar-refractivity contribution in [3.63, 3.8) is 0 Å². The first-order chi connectivity index (χ1) is 20.4. The van der Waals surface area contributed by atoms with E-state index in [0.29, 0.717) is 16.5 Å². The monoisotopic (exact) mass is 587 g/mol. The minimum atomic E-state index is -1.77. The number of phenols is 1. The molecule has 220 valence electrons. The van der Waals surface area contributed by atoms with E-state index in [1.807, 2.05) is 0 Å². The minimum Gasteiger partial charge on any atom is -0.508 e. The van der Waals surface area contributed by atoms with E-state index in [1.165, 1.54) is 61.5 Å². The molecule has 1 aliphatic carbocycles. The minimum absolute atomic E-state index is 0.00298. The predicted octanol–water partition coefficient (Wildman–Crippen LogP) is 2.08. The molecule has 0 saturated heterocycles. The number of rotatable bonds is 9. The van der Waals surface area contributed by atoms with Crippen molar-refractivity contribution in [1.82, 2.24) is 15.3 Å². The van der Waals surface area contributed by atoms with Crippen molar-refractivity contribution in [2.75, 3.05) is 6.54 Å². The van der Waals surface area contributed by atoms with Gasteiger partial charge in [0.1, 0.15) is 35.4 Å². The molecule has 7 N–H and O–H groups in total. The molecule has 13 heteroatoms. The first-order valence-corrected chi connectivity index (χ1v) is 12.9. The number of fused-ring (bicyclic) bond motifs is 2. The van der Waals surface area contributed by atoms with Crippen molar-refractivity contribution < 1.29 is 44.3 Å². The van der Waals surface area contributed by atoms with Crippen LogP contribution in [-0.2, 0) is 0 Å². The van der Waals surface area contributed by atoms with Gasteiger partial charge in [-0.05, 0) is 48.0 Å². The smallest absolute Gasteiger partial charge is 0.336 e. The van der Waals surface area contributed by atoms with Crippen molar-refractivity contribution >= 4 is 28.6 Å². The molecule has 43 heavy (non-hydrogen) atoms. The number of Topliss-reactive ketones (excluding diaryl/α,β-unsaturated/α-hetero) is 1. The summed E-state index contributed by atoms with van der Waals surface area (Å²) in [7, 11) is 0. The van der Waals surface area contributed by atoms with E-state index in [9.17, 15) is 44.7 Å². The summed E-state index contributed by atoms with van der Waals surface area (Å²) in [6.45, 7) is 0.762. The highest BCUT2D eigenvalue weighted by molar-refractivity contribution is 6.09. The highest BCUT2D eigenvalue weighted by atomic mass is 16.4. The van der Waals surface area contributed by atoms with Gasteiger partial charge in [-0.2, -0.15) is 0 Å². The molecule has 2 aliphatic rings. The lowest BCUT2D eigenvalue weighted by atomic mass is 9.89. The van der Waals surface area contributed by atoms with Crippen molar-refractivity contribution in [3.8, 4) is 28.2 Å². The van der Waals surface area contributed by atoms with Gasteiger partial charge >= 0.3 is 5.97 Å². The number of H-pyrrole nitrogens is 1. The second kappa shape index (κ2) is 11.5. The van der Waals surface area contributed by atoms with E-state index < -0.39 is 42.5 Å². The molecule has 0 spiro atoms. The first kappa shape index (κ1) is 29.1. The molecule has 0 radical (unpaired) electrons. The average molecular weight is 588 g/mol.